The summed E-state index contributed by atoms with van der Waals surface area (Å²) in [5.74, 6) is 0.671. The van der Waals surface area contributed by atoms with Crippen LogP contribution in [-0.4, -0.2) is 46.6 Å². The lowest BCUT2D eigenvalue weighted by Crippen LogP contribution is -2.51. The number of nitrogens with zero attached hydrogens (tertiary/aromatic N) is 4. The summed E-state index contributed by atoms with van der Waals surface area (Å²) < 4.78 is 12.2. The minimum Gasteiger partial charge on any atom is -0.497 e. The zero-order valence-corrected chi connectivity index (χ0v) is 22.3. The molecule has 198 valence electrons. The lowest BCUT2D eigenvalue weighted by Gasteiger charge is -2.34. The van der Waals surface area contributed by atoms with Crippen molar-refractivity contribution in [1.29, 1.82) is 0 Å². The monoisotopic (exact) mass is 515 g/mol. The smallest absolute Gasteiger partial charge is 0.249 e. The van der Waals surface area contributed by atoms with Crippen LogP contribution < -0.4 is 19.7 Å². The van der Waals surface area contributed by atoms with E-state index in [-0.39, 0.29) is 18.4 Å². The molecular formula is C29H33N5O4. The number of ether oxygens (including phenoxy) is 2. The second-order valence-corrected chi connectivity index (χ2v) is 9.60. The highest BCUT2D eigenvalue weighted by atomic mass is 16.5. The minimum absolute atomic E-state index is 0.107. The quantitative estimate of drug-likeness (QED) is 0.333. The molecule has 0 fully saturated rings. The molecule has 38 heavy (non-hydrogen) atoms. The van der Waals surface area contributed by atoms with E-state index in [4.69, 9.17) is 9.47 Å². The van der Waals surface area contributed by atoms with Crippen molar-refractivity contribution in [2.75, 3.05) is 19.1 Å². The first-order valence-corrected chi connectivity index (χ1v) is 12.5. The summed E-state index contributed by atoms with van der Waals surface area (Å²) in [6.45, 7) is 5.81. The fourth-order valence-electron chi connectivity index (χ4n) is 4.11. The zero-order chi connectivity index (χ0) is 27.3. The molecule has 9 heteroatoms. The third-order valence-corrected chi connectivity index (χ3v) is 6.61. The molecule has 4 rings (SSSR count). The van der Waals surface area contributed by atoms with E-state index < -0.39 is 11.6 Å². The van der Waals surface area contributed by atoms with Crippen molar-refractivity contribution in [2.45, 2.75) is 45.3 Å². The Labute approximate surface area is 222 Å². The van der Waals surface area contributed by atoms with Crippen molar-refractivity contribution in [1.82, 2.24) is 20.3 Å². The maximum Gasteiger partial charge on any atom is 0.249 e. The van der Waals surface area contributed by atoms with Crippen molar-refractivity contribution in [3.63, 3.8) is 0 Å². The van der Waals surface area contributed by atoms with Gasteiger partial charge < -0.3 is 14.8 Å². The summed E-state index contributed by atoms with van der Waals surface area (Å²) >= 11 is 0. The summed E-state index contributed by atoms with van der Waals surface area (Å²) in [6.07, 6.45) is 0.718. The number of hydrogen-bond donors (Lipinski definition) is 1. The van der Waals surface area contributed by atoms with E-state index >= 15 is 0 Å². The molecule has 0 aliphatic carbocycles. The topological polar surface area (TPSA) is 98.6 Å². The van der Waals surface area contributed by atoms with Crippen LogP contribution in [0.4, 0.5) is 5.69 Å². The van der Waals surface area contributed by atoms with Gasteiger partial charge in [-0.05, 0) is 74.4 Å². The first-order chi connectivity index (χ1) is 18.3. The zero-order valence-electron chi connectivity index (χ0n) is 22.3. The van der Waals surface area contributed by atoms with Crippen molar-refractivity contribution < 1.29 is 19.1 Å². The SMILES string of the molecule is CCC(C)(C)NC(=O)[C@H](c1ccc(OC)cc1)N(C(=O)Cn1nnc2ccccc21)c1ccc(OC)cc1. The number of carbonyl (C=O) groups excluding carboxylic acids is 2. The van der Waals surface area contributed by atoms with E-state index in [1.165, 1.54) is 4.90 Å². The standard InChI is InChI=1S/C29H33N5O4/c1-6-29(2,3)30-28(36)27(20-11-15-22(37-4)16-12-20)34(21-13-17-23(38-5)18-14-21)26(35)19-33-25-10-8-7-9-24(25)31-32-33/h7-18,27H,6,19H2,1-5H3,(H,30,36)/t27-/m0/s1. The number of aromatic nitrogens is 3. The highest BCUT2D eigenvalue weighted by Crippen LogP contribution is 2.31. The maximum atomic E-state index is 14.1. The second-order valence-electron chi connectivity index (χ2n) is 9.60. The van der Waals surface area contributed by atoms with Gasteiger partial charge in [-0.1, -0.05) is 36.4 Å². The van der Waals surface area contributed by atoms with Gasteiger partial charge in [-0.25, -0.2) is 4.68 Å². The van der Waals surface area contributed by atoms with Crippen LogP contribution in [0.2, 0.25) is 0 Å². The Kier molecular flexibility index (Phi) is 7.95. The van der Waals surface area contributed by atoms with Crippen LogP contribution in [-0.2, 0) is 16.1 Å². The highest BCUT2D eigenvalue weighted by Gasteiger charge is 2.35. The van der Waals surface area contributed by atoms with Gasteiger partial charge in [0, 0.05) is 11.2 Å². The molecule has 1 aromatic heterocycles. The Morgan fingerprint density at radius 3 is 2.16 bits per heavy atom. The number of anilines is 1. The molecule has 0 bridgehead atoms. The van der Waals surface area contributed by atoms with Crippen molar-refractivity contribution in [3.05, 3.63) is 78.4 Å². The Morgan fingerprint density at radius 2 is 1.55 bits per heavy atom. The minimum atomic E-state index is -0.956. The van der Waals surface area contributed by atoms with Crippen LogP contribution in [0.1, 0.15) is 38.8 Å². The average Bonchev–Trinajstić information content (AvgIpc) is 3.34. The predicted octanol–water partition coefficient (Wildman–Crippen LogP) is 4.53. The lowest BCUT2D eigenvalue weighted by atomic mass is 9.98. The number of amides is 2. The van der Waals surface area contributed by atoms with Gasteiger partial charge in [0.05, 0.1) is 19.7 Å². The van der Waals surface area contributed by atoms with Crippen LogP contribution in [0.5, 0.6) is 11.5 Å². The van der Waals surface area contributed by atoms with Crippen molar-refractivity contribution >= 4 is 28.5 Å². The van der Waals surface area contributed by atoms with Crippen LogP contribution >= 0.6 is 0 Å². The molecule has 3 aromatic carbocycles. The van der Waals surface area contributed by atoms with Gasteiger partial charge in [-0.15, -0.1) is 5.10 Å². The number of rotatable bonds is 10. The molecule has 1 atom stereocenters. The van der Waals surface area contributed by atoms with Gasteiger partial charge in [0.25, 0.3) is 0 Å². The molecule has 0 saturated carbocycles. The summed E-state index contributed by atoms with van der Waals surface area (Å²) in [6, 6.07) is 20.7. The van der Waals surface area contributed by atoms with Crippen LogP contribution in [0.15, 0.2) is 72.8 Å². The molecule has 0 spiro atoms. The van der Waals surface area contributed by atoms with Gasteiger partial charge in [0.2, 0.25) is 11.8 Å². The van der Waals surface area contributed by atoms with E-state index in [9.17, 15) is 9.59 Å². The van der Waals surface area contributed by atoms with Gasteiger partial charge in [-0.3, -0.25) is 14.5 Å². The number of hydrogen-bond acceptors (Lipinski definition) is 6. The number of carbonyl (C=O) groups is 2. The summed E-state index contributed by atoms with van der Waals surface area (Å²) in [4.78, 5) is 29.5. The predicted molar refractivity (Wildman–Crippen MR) is 146 cm³/mol. The normalized spacial score (nSPS) is 12.1. The third-order valence-electron chi connectivity index (χ3n) is 6.61. The van der Waals surface area contributed by atoms with E-state index in [2.05, 4.69) is 15.6 Å². The van der Waals surface area contributed by atoms with Crippen molar-refractivity contribution in [2.24, 2.45) is 0 Å². The fraction of sp³-hybridized carbons (Fsp3) is 0.310. The Morgan fingerprint density at radius 1 is 0.947 bits per heavy atom. The number of benzene rings is 3. The van der Waals surface area contributed by atoms with Gasteiger partial charge in [-0.2, -0.15) is 0 Å². The molecule has 0 radical (unpaired) electrons. The van der Waals surface area contributed by atoms with Gasteiger partial charge >= 0.3 is 0 Å². The Hall–Kier alpha value is -4.40. The molecule has 9 nitrogen and oxygen atoms in total. The molecule has 2 amide bonds. The maximum absolute atomic E-state index is 14.1. The fourth-order valence-corrected chi connectivity index (χ4v) is 4.11. The molecule has 0 aliphatic rings. The van der Waals surface area contributed by atoms with Crippen molar-refractivity contribution in [3.8, 4) is 11.5 Å². The van der Waals surface area contributed by atoms with Gasteiger partial charge in [0.1, 0.15) is 29.6 Å². The van der Waals surface area contributed by atoms with Crippen LogP contribution in [0.3, 0.4) is 0 Å². The number of methoxy groups -OCH3 is 2. The number of fused-ring (bicyclic) bond motifs is 1. The summed E-state index contributed by atoms with van der Waals surface area (Å²) in [5, 5.41) is 11.5. The van der Waals surface area contributed by atoms with E-state index in [1.807, 2.05) is 45.0 Å². The Balaban J connectivity index is 1.82. The van der Waals surface area contributed by atoms with Crippen LogP contribution in [0.25, 0.3) is 11.0 Å². The number of nitrogens with one attached hydrogen (secondary N) is 1. The molecule has 0 saturated heterocycles. The molecule has 4 aromatic rings. The summed E-state index contributed by atoms with van der Waals surface area (Å²) in [7, 11) is 3.16. The van der Waals surface area contributed by atoms with Gasteiger partial charge in [0.15, 0.2) is 0 Å². The third kappa shape index (κ3) is 5.77. The Bertz CT molecular complexity index is 1400. The van der Waals surface area contributed by atoms with E-state index in [0.717, 1.165) is 11.9 Å². The molecule has 1 heterocycles. The molecular weight excluding hydrogens is 482 g/mol. The average molecular weight is 516 g/mol. The largest absolute Gasteiger partial charge is 0.497 e. The molecule has 1 N–H and O–H groups in total. The van der Waals surface area contributed by atoms with E-state index in [1.54, 1.807) is 67.4 Å². The number of para-hydroxylation sites is 1. The lowest BCUT2D eigenvalue weighted by molar-refractivity contribution is -0.128. The summed E-state index contributed by atoms with van der Waals surface area (Å²) in [5.41, 5.74) is 2.13. The first kappa shape index (κ1) is 26.7. The first-order valence-electron chi connectivity index (χ1n) is 12.5. The molecule has 0 aliphatic heterocycles. The second kappa shape index (κ2) is 11.3. The molecule has 0 unspecified atom stereocenters. The van der Waals surface area contributed by atoms with Crippen LogP contribution in [0, 0.1) is 0 Å². The van der Waals surface area contributed by atoms with E-state index in [0.29, 0.717) is 28.3 Å². The highest BCUT2D eigenvalue weighted by molar-refractivity contribution is 6.01.